The van der Waals surface area contributed by atoms with Crippen molar-refractivity contribution in [3.63, 3.8) is 0 Å². The van der Waals surface area contributed by atoms with Crippen molar-refractivity contribution in [3.05, 3.63) is 0 Å². The van der Waals surface area contributed by atoms with Crippen LogP contribution < -0.4 is 0 Å². The van der Waals surface area contributed by atoms with Crippen molar-refractivity contribution in [2.75, 3.05) is 12.0 Å². The zero-order valence-electron chi connectivity index (χ0n) is 3.87. The lowest BCUT2D eigenvalue weighted by Crippen LogP contribution is -1.80. The first-order chi connectivity index (χ1) is 2.56. The minimum absolute atomic E-state index is 0.0208. The minimum Gasteiger partial charge on any atom is -0.158 e. The average Bonchev–Trinajstić information content (AvgIpc) is 1.35. The maximum atomic E-state index is 11.5. The Labute approximate surface area is 38.5 Å². The molecule has 0 amide bonds. The molecule has 40 valence electrons. The van der Waals surface area contributed by atoms with Crippen LogP contribution in [0.4, 0.5) is 7.77 Å². The molecule has 3 heteroatoms. The molecule has 0 fully saturated rings. The molecule has 0 spiro atoms. The van der Waals surface area contributed by atoms with Crippen LogP contribution in [0.15, 0.2) is 0 Å². The quantitative estimate of drug-likeness (QED) is 0.490. The second kappa shape index (κ2) is 1.78. The van der Waals surface area contributed by atoms with Crippen molar-refractivity contribution >= 4 is 10.8 Å². The fraction of sp³-hybridized carbons (Fsp3) is 1.00. The lowest BCUT2D eigenvalue weighted by molar-refractivity contribution is 0.755. The van der Waals surface area contributed by atoms with E-state index in [1.54, 1.807) is 0 Å². The zero-order valence-corrected chi connectivity index (χ0v) is 4.69. The highest BCUT2D eigenvalue weighted by Gasteiger charge is 2.07. The molecule has 0 bridgehead atoms. The Balaban J connectivity index is 3.17. The number of hydrogen-bond donors (Lipinski definition) is 0. The molecule has 0 nitrogen and oxygen atoms in total. The second-order valence-corrected chi connectivity index (χ2v) is 3.49. The number of hydrogen-bond acceptors (Lipinski definition) is 0. The zero-order chi connectivity index (χ0) is 5.21. The first kappa shape index (κ1) is 6.21. The molecule has 0 aromatic rings. The molecule has 0 saturated heterocycles. The summed E-state index contributed by atoms with van der Waals surface area (Å²) in [6.45, 7) is 1.50. The van der Waals surface area contributed by atoms with Gasteiger partial charge in [0.2, 0.25) is 0 Å². The summed E-state index contributed by atoms with van der Waals surface area (Å²) in [6, 6.07) is 0. The van der Waals surface area contributed by atoms with Gasteiger partial charge in [0.25, 0.3) is 0 Å². The topological polar surface area (TPSA) is 0 Å². The van der Waals surface area contributed by atoms with Gasteiger partial charge in [-0.2, -0.15) is 7.77 Å². The van der Waals surface area contributed by atoms with E-state index in [1.165, 1.54) is 6.92 Å². The molecule has 0 aromatic carbocycles. The van der Waals surface area contributed by atoms with Gasteiger partial charge in [0, 0.05) is 12.0 Å². The van der Waals surface area contributed by atoms with Gasteiger partial charge in [-0.05, 0) is 0 Å². The van der Waals surface area contributed by atoms with E-state index in [9.17, 15) is 7.77 Å². The normalized spacial score (nSPS) is 14.7. The predicted octanol–water partition coefficient (Wildman–Crippen LogP) is 2.21. The second-order valence-electron chi connectivity index (χ2n) is 1.16. The van der Waals surface area contributed by atoms with E-state index in [-0.39, 0.29) is 5.75 Å². The summed E-state index contributed by atoms with van der Waals surface area (Å²) in [4.78, 5) is 0. The SMILES string of the molecule is CCS(C)(F)F. The van der Waals surface area contributed by atoms with Crippen LogP contribution in [0.2, 0.25) is 0 Å². The van der Waals surface area contributed by atoms with Gasteiger partial charge in [-0.15, -0.1) is 0 Å². The third-order valence-corrected chi connectivity index (χ3v) is 1.52. The van der Waals surface area contributed by atoms with Crippen molar-refractivity contribution in [1.29, 1.82) is 0 Å². The molecule has 0 unspecified atom stereocenters. The Morgan fingerprint density at radius 1 is 1.50 bits per heavy atom. The fourth-order valence-corrected chi connectivity index (χ4v) is 0. The smallest absolute Gasteiger partial charge is 0.0541 e. The lowest BCUT2D eigenvalue weighted by atomic mass is 11.0. The molecule has 0 aliphatic heterocycles. The first-order valence-corrected chi connectivity index (χ1v) is 3.72. The highest BCUT2D eigenvalue weighted by Crippen LogP contribution is 2.46. The number of halogens is 2. The van der Waals surface area contributed by atoms with Gasteiger partial charge in [0.15, 0.2) is 0 Å². The standard InChI is InChI=1S/C3H8F2S/c1-3-6(2,4)5/h3H2,1-2H3. The van der Waals surface area contributed by atoms with E-state index in [4.69, 9.17) is 0 Å². The minimum atomic E-state index is -3.16. The van der Waals surface area contributed by atoms with Crippen LogP contribution in [0.5, 0.6) is 0 Å². The highest BCUT2D eigenvalue weighted by atomic mass is 32.3. The predicted molar refractivity (Wildman–Crippen MR) is 26.3 cm³/mol. The largest absolute Gasteiger partial charge is 0.158 e. The van der Waals surface area contributed by atoms with Crippen LogP contribution in [0, 0.1) is 0 Å². The van der Waals surface area contributed by atoms with E-state index < -0.39 is 10.8 Å². The Kier molecular flexibility index (Phi) is 1.84. The Morgan fingerprint density at radius 3 is 1.67 bits per heavy atom. The average molecular weight is 114 g/mol. The van der Waals surface area contributed by atoms with Gasteiger partial charge in [0.1, 0.15) is 0 Å². The molecule has 0 aliphatic carbocycles. The van der Waals surface area contributed by atoms with Gasteiger partial charge in [-0.3, -0.25) is 0 Å². The van der Waals surface area contributed by atoms with Crippen molar-refractivity contribution in [3.8, 4) is 0 Å². The van der Waals surface area contributed by atoms with Crippen molar-refractivity contribution in [1.82, 2.24) is 0 Å². The van der Waals surface area contributed by atoms with Gasteiger partial charge < -0.3 is 0 Å². The van der Waals surface area contributed by atoms with Crippen molar-refractivity contribution < 1.29 is 7.77 Å². The summed E-state index contributed by atoms with van der Waals surface area (Å²) in [5.74, 6) is 0.0208. The summed E-state index contributed by atoms with van der Waals surface area (Å²) in [5, 5.41) is 0. The monoisotopic (exact) mass is 114 g/mol. The molecular formula is C3H8F2S. The molecule has 0 atom stereocenters. The van der Waals surface area contributed by atoms with Crippen LogP contribution in [0.3, 0.4) is 0 Å². The molecule has 0 aliphatic rings. The third-order valence-electron chi connectivity index (χ3n) is 0.507. The summed E-state index contributed by atoms with van der Waals surface area (Å²) in [7, 11) is -3.16. The summed E-state index contributed by atoms with van der Waals surface area (Å²) >= 11 is 0. The van der Waals surface area contributed by atoms with Crippen molar-refractivity contribution in [2.45, 2.75) is 6.92 Å². The summed E-state index contributed by atoms with van der Waals surface area (Å²) in [5.41, 5.74) is 0. The van der Waals surface area contributed by atoms with Crippen LogP contribution in [-0.4, -0.2) is 12.0 Å². The van der Waals surface area contributed by atoms with E-state index >= 15 is 0 Å². The molecule has 0 saturated carbocycles. The lowest BCUT2D eigenvalue weighted by Gasteiger charge is -2.08. The fourth-order valence-electron chi connectivity index (χ4n) is 0. The Bertz CT molecular complexity index is 38.5. The maximum Gasteiger partial charge on any atom is 0.0541 e. The molecule has 0 radical (unpaired) electrons. The molecule has 0 heterocycles. The Hall–Kier alpha value is 0.210. The van der Waals surface area contributed by atoms with E-state index in [0.717, 1.165) is 6.26 Å². The van der Waals surface area contributed by atoms with Crippen LogP contribution in [0.25, 0.3) is 0 Å². The Morgan fingerprint density at radius 2 is 1.67 bits per heavy atom. The van der Waals surface area contributed by atoms with E-state index in [2.05, 4.69) is 0 Å². The summed E-state index contributed by atoms with van der Waals surface area (Å²) in [6.07, 6.45) is 0.993. The third kappa shape index (κ3) is 4.21. The first-order valence-electron chi connectivity index (χ1n) is 1.71. The van der Waals surface area contributed by atoms with Gasteiger partial charge in [-0.1, -0.05) is 6.92 Å². The molecule has 6 heavy (non-hydrogen) atoms. The molecule has 0 rings (SSSR count). The van der Waals surface area contributed by atoms with Gasteiger partial charge in [-0.25, -0.2) is 0 Å². The molecule has 0 N–H and O–H groups in total. The van der Waals surface area contributed by atoms with Crippen molar-refractivity contribution in [2.24, 2.45) is 0 Å². The van der Waals surface area contributed by atoms with Crippen LogP contribution in [0.1, 0.15) is 6.92 Å². The van der Waals surface area contributed by atoms with E-state index in [1.807, 2.05) is 0 Å². The highest BCUT2D eigenvalue weighted by molar-refractivity contribution is 8.24. The summed E-state index contributed by atoms with van der Waals surface area (Å²) < 4.78 is 23.1. The van der Waals surface area contributed by atoms with Gasteiger partial charge >= 0.3 is 0 Å². The molecule has 0 aromatic heterocycles. The number of rotatable bonds is 1. The van der Waals surface area contributed by atoms with Gasteiger partial charge in [0.05, 0.1) is 10.8 Å². The van der Waals surface area contributed by atoms with Crippen LogP contribution >= 0.6 is 10.8 Å². The maximum absolute atomic E-state index is 11.5. The molecular weight excluding hydrogens is 106 g/mol. The van der Waals surface area contributed by atoms with Crippen LogP contribution in [-0.2, 0) is 0 Å². The van der Waals surface area contributed by atoms with E-state index in [0.29, 0.717) is 0 Å².